The van der Waals surface area contributed by atoms with E-state index in [0.29, 0.717) is 12.6 Å². The summed E-state index contributed by atoms with van der Waals surface area (Å²) in [6, 6.07) is 7.09. The Balaban J connectivity index is 3.10. The Hall–Kier alpha value is -1.20. The number of nitrogens with two attached hydrogens (primary N) is 1. The zero-order valence-corrected chi connectivity index (χ0v) is 12.4. The van der Waals surface area contributed by atoms with E-state index in [1.54, 1.807) is 18.2 Å². The standard InChI is InChI=1S/C15H24F2N2O/c1-4-11(3)19(5-2)13(10-18)12-8-6-7-9-14(12)20-15(16)17/h6-9,11,13,15H,4-5,10,18H2,1-3H3. The average molecular weight is 286 g/mol. The lowest BCUT2D eigenvalue weighted by molar-refractivity contribution is -0.0513. The summed E-state index contributed by atoms with van der Waals surface area (Å²) in [5.41, 5.74) is 6.61. The van der Waals surface area contributed by atoms with Crippen LogP contribution in [0.25, 0.3) is 0 Å². The van der Waals surface area contributed by atoms with Crippen LogP contribution in [0.5, 0.6) is 5.75 Å². The smallest absolute Gasteiger partial charge is 0.387 e. The minimum absolute atomic E-state index is 0.120. The molecule has 1 aromatic carbocycles. The number of likely N-dealkylation sites (N-methyl/N-ethyl adjacent to an activating group) is 1. The molecule has 0 fully saturated rings. The largest absolute Gasteiger partial charge is 0.434 e. The Kier molecular flexibility index (Phi) is 6.88. The minimum atomic E-state index is -2.83. The van der Waals surface area contributed by atoms with E-state index in [9.17, 15) is 8.78 Å². The minimum Gasteiger partial charge on any atom is -0.434 e. The van der Waals surface area contributed by atoms with Crippen molar-refractivity contribution < 1.29 is 13.5 Å². The first-order valence-electron chi connectivity index (χ1n) is 7.04. The molecule has 114 valence electrons. The first-order valence-corrected chi connectivity index (χ1v) is 7.04. The highest BCUT2D eigenvalue weighted by molar-refractivity contribution is 5.36. The summed E-state index contributed by atoms with van der Waals surface area (Å²) in [6.07, 6.45) is 0.974. The Morgan fingerprint density at radius 1 is 1.25 bits per heavy atom. The third-order valence-electron chi connectivity index (χ3n) is 3.64. The number of halogens is 2. The van der Waals surface area contributed by atoms with E-state index in [2.05, 4.69) is 23.5 Å². The van der Waals surface area contributed by atoms with Crippen molar-refractivity contribution in [2.24, 2.45) is 5.73 Å². The van der Waals surface area contributed by atoms with Crippen molar-refractivity contribution in [1.82, 2.24) is 4.90 Å². The van der Waals surface area contributed by atoms with Crippen molar-refractivity contribution >= 4 is 0 Å². The molecule has 0 aliphatic heterocycles. The van der Waals surface area contributed by atoms with Crippen LogP contribution < -0.4 is 10.5 Å². The van der Waals surface area contributed by atoms with Crippen LogP contribution >= 0.6 is 0 Å². The van der Waals surface area contributed by atoms with Gasteiger partial charge in [0, 0.05) is 18.2 Å². The normalized spacial score (nSPS) is 14.6. The molecule has 0 aliphatic rings. The lowest BCUT2D eigenvalue weighted by Crippen LogP contribution is -2.39. The molecule has 20 heavy (non-hydrogen) atoms. The number of hydrogen-bond donors (Lipinski definition) is 1. The second kappa shape index (κ2) is 8.17. The molecule has 0 saturated carbocycles. The van der Waals surface area contributed by atoms with Crippen molar-refractivity contribution in [2.75, 3.05) is 13.1 Å². The van der Waals surface area contributed by atoms with E-state index in [4.69, 9.17) is 5.73 Å². The summed E-state index contributed by atoms with van der Waals surface area (Å²) in [5.74, 6) is 0.208. The van der Waals surface area contributed by atoms with E-state index in [1.165, 1.54) is 0 Å². The molecule has 1 rings (SSSR count). The number of nitrogens with zero attached hydrogens (tertiary/aromatic N) is 1. The summed E-state index contributed by atoms with van der Waals surface area (Å²) in [5, 5.41) is 0. The predicted octanol–water partition coefficient (Wildman–Crippen LogP) is 3.41. The monoisotopic (exact) mass is 286 g/mol. The zero-order valence-electron chi connectivity index (χ0n) is 12.4. The van der Waals surface area contributed by atoms with Gasteiger partial charge in [0.2, 0.25) is 0 Å². The first kappa shape index (κ1) is 16.9. The highest BCUT2D eigenvalue weighted by Crippen LogP contribution is 2.31. The van der Waals surface area contributed by atoms with E-state index >= 15 is 0 Å². The van der Waals surface area contributed by atoms with Crippen molar-refractivity contribution in [3.8, 4) is 5.75 Å². The third kappa shape index (κ3) is 4.15. The van der Waals surface area contributed by atoms with Crippen LogP contribution in [0, 0.1) is 0 Å². The fraction of sp³-hybridized carbons (Fsp3) is 0.600. The van der Waals surface area contributed by atoms with Crippen LogP contribution in [-0.2, 0) is 0 Å². The zero-order chi connectivity index (χ0) is 15.1. The van der Waals surface area contributed by atoms with Gasteiger partial charge in [-0.25, -0.2) is 0 Å². The van der Waals surface area contributed by atoms with Gasteiger partial charge in [-0.05, 0) is 26.0 Å². The van der Waals surface area contributed by atoms with Gasteiger partial charge in [-0.3, -0.25) is 4.90 Å². The maximum Gasteiger partial charge on any atom is 0.387 e. The van der Waals surface area contributed by atoms with Gasteiger partial charge < -0.3 is 10.5 Å². The van der Waals surface area contributed by atoms with Crippen molar-refractivity contribution in [3.05, 3.63) is 29.8 Å². The fourth-order valence-electron chi connectivity index (χ4n) is 2.47. The van der Waals surface area contributed by atoms with Gasteiger partial charge >= 0.3 is 6.61 Å². The summed E-state index contributed by atoms with van der Waals surface area (Å²) in [7, 11) is 0. The highest BCUT2D eigenvalue weighted by atomic mass is 19.3. The van der Waals surface area contributed by atoms with Crippen LogP contribution in [0.4, 0.5) is 8.78 Å². The lowest BCUT2D eigenvalue weighted by atomic mass is 10.0. The summed E-state index contributed by atoms with van der Waals surface area (Å²) in [6.45, 7) is 4.60. The SMILES string of the molecule is CCC(C)N(CC)C(CN)c1ccccc1OC(F)F. The van der Waals surface area contributed by atoms with Gasteiger partial charge in [-0.15, -0.1) is 0 Å². The maximum absolute atomic E-state index is 12.5. The van der Waals surface area contributed by atoms with E-state index in [0.717, 1.165) is 18.5 Å². The molecule has 0 radical (unpaired) electrons. The quantitative estimate of drug-likeness (QED) is 0.796. The summed E-state index contributed by atoms with van der Waals surface area (Å²) in [4.78, 5) is 2.22. The van der Waals surface area contributed by atoms with Crippen molar-refractivity contribution in [3.63, 3.8) is 0 Å². The number of para-hydroxylation sites is 1. The van der Waals surface area contributed by atoms with Crippen molar-refractivity contribution in [1.29, 1.82) is 0 Å². The van der Waals surface area contributed by atoms with Crippen LogP contribution in [0.2, 0.25) is 0 Å². The molecule has 2 atom stereocenters. The van der Waals surface area contributed by atoms with E-state index < -0.39 is 6.61 Å². The lowest BCUT2D eigenvalue weighted by Gasteiger charge is -2.35. The maximum atomic E-state index is 12.5. The van der Waals surface area contributed by atoms with Crippen LogP contribution in [0.3, 0.4) is 0 Å². The number of benzene rings is 1. The summed E-state index contributed by atoms with van der Waals surface area (Å²) < 4.78 is 29.6. The molecule has 2 unspecified atom stereocenters. The number of alkyl halides is 2. The molecule has 0 amide bonds. The molecule has 0 heterocycles. The molecule has 0 bridgehead atoms. The van der Waals surface area contributed by atoms with E-state index in [1.807, 2.05) is 13.0 Å². The molecule has 2 N–H and O–H groups in total. The molecule has 0 aliphatic carbocycles. The van der Waals surface area contributed by atoms with Gasteiger partial charge in [0.15, 0.2) is 0 Å². The Morgan fingerprint density at radius 2 is 1.90 bits per heavy atom. The van der Waals surface area contributed by atoms with Gasteiger partial charge in [0.25, 0.3) is 0 Å². The molecular weight excluding hydrogens is 262 g/mol. The molecule has 5 heteroatoms. The topological polar surface area (TPSA) is 38.5 Å². The number of hydrogen-bond acceptors (Lipinski definition) is 3. The molecule has 3 nitrogen and oxygen atoms in total. The Bertz CT molecular complexity index is 401. The molecule has 1 aromatic rings. The number of rotatable bonds is 8. The van der Waals surface area contributed by atoms with Crippen LogP contribution in [0.15, 0.2) is 24.3 Å². The van der Waals surface area contributed by atoms with Crippen molar-refractivity contribution in [2.45, 2.75) is 45.9 Å². The van der Waals surface area contributed by atoms with Gasteiger partial charge in [0.1, 0.15) is 5.75 Å². The second-order valence-electron chi connectivity index (χ2n) is 4.76. The van der Waals surface area contributed by atoms with Gasteiger partial charge in [-0.2, -0.15) is 8.78 Å². The van der Waals surface area contributed by atoms with Gasteiger partial charge in [0.05, 0.1) is 6.04 Å². The Morgan fingerprint density at radius 3 is 2.40 bits per heavy atom. The fourth-order valence-corrected chi connectivity index (χ4v) is 2.47. The first-order chi connectivity index (χ1) is 9.54. The van der Waals surface area contributed by atoms with Gasteiger partial charge in [-0.1, -0.05) is 32.0 Å². The summed E-state index contributed by atoms with van der Waals surface area (Å²) >= 11 is 0. The molecular formula is C15H24F2N2O. The average Bonchev–Trinajstić information content (AvgIpc) is 2.44. The molecule has 0 aromatic heterocycles. The highest BCUT2D eigenvalue weighted by Gasteiger charge is 2.25. The van der Waals surface area contributed by atoms with Crippen LogP contribution in [0.1, 0.15) is 38.8 Å². The molecule has 0 saturated heterocycles. The van der Waals surface area contributed by atoms with Crippen LogP contribution in [-0.4, -0.2) is 30.6 Å². The second-order valence-corrected chi connectivity index (χ2v) is 4.76. The third-order valence-corrected chi connectivity index (χ3v) is 3.64. The predicted molar refractivity (Wildman–Crippen MR) is 77.0 cm³/mol. The van der Waals surface area contributed by atoms with E-state index in [-0.39, 0.29) is 11.8 Å². The Labute approximate surface area is 119 Å². The molecule has 0 spiro atoms. The number of ether oxygens (including phenoxy) is 1.